The lowest BCUT2D eigenvalue weighted by Gasteiger charge is -2.31. The summed E-state index contributed by atoms with van der Waals surface area (Å²) in [4.78, 5) is 0. The molecule has 3 N–H and O–H groups in total. The van der Waals surface area contributed by atoms with E-state index in [9.17, 15) is 0 Å². The number of hydrogen-bond acceptors (Lipinski definition) is 2. The topological polar surface area (TPSA) is 59.1 Å². The molecule has 3 nitrogen and oxygen atoms in total. The molecule has 0 radical (unpaired) electrons. The Labute approximate surface area is 119 Å². The van der Waals surface area contributed by atoms with Gasteiger partial charge in [-0.25, -0.2) is 0 Å². The van der Waals surface area contributed by atoms with Crippen molar-refractivity contribution in [1.29, 1.82) is 5.41 Å². The molecule has 1 aliphatic carbocycles. The van der Waals surface area contributed by atoms with Crippen LogP contribution in [0.1, 0.15) is 44.6 Å². The molecule has 1 aromatic carbocycles. The van der Waals surface area contributed by atoms with E-state index >= 15 is 0 Å². The van der Waals surface area contributed by atoms with E-state index in [4.69, 9.17) is 27.5 Å². The van der Waals surface area contributed by atoms with Crippen LogP contribution in [0.25, 0.3) is 0 Å². The third-order valence-corrected chi connectivity index (χ3v) is 4.20. The summed E-state index contributed by atoms with van der Waals surface area (Å²) >= 11 is 6.11. The predicted molar refractivity (Wildman–Crippen MR) is 79.1 cm³/mol. The van der Waals surface area contributed by atoms with Crippen LogP contribution in [0, 0.1) is 11.3 Å². The zero-order chi connectivity index (χ0) is 13.8. The largest absolute Gasteiger partial charge is 0.489 e. The smallest absolute Gasteiger partial charge is 0.132 e. The number of rotatable bonds is 4. The van der Waals surface area contributed by atoms with E-state index in [1.807, 2.05) is 12.1 Å². The summed E-state index contributed by atoms with van der Waals surface area (Å²) in [5.41, 5.74) is 6.12. The summed E-state index contributed by atoms with van der Waals surface area (Å²) in [7, 11) is 0. The first-order valence-electron chi connectivity index (χ1n) is 6.93. The van der Waals surface area contributed by atoms with Crippen LogP contribution < -0.4 is 10.5 Å². The lowest BCUT2D eigenvalue weighted by atomic mass is 9.84. The van der Waals surface area contributed by atoms with Crippen molar-refractivity contribution in [3.8, 4) is 5.75 Å². The zero-order valence-electron chi connectivity index (χ0n) is 11.3. The van der Waals surface area contributed by atoms with Crippen molar-refractivity contribution in [3.05, 3.63) is 28.8 Å². The highest BCUT2D eigenvalue weighted by molar-refractivity contribution is 6.34. The lowest BCUT2D eigenvalue weighted by Crippen LogP contribution is -2.30. The summed E-state index contributed by atoms with van der Waals surface area (Å²) in [6.07, 6.45) is 6.13. The van der Waals surface area contributed by atoms with Crippen LogP contribution in [0.4, 0.5) is 0 Å². The minimum atomic E-state index is -0.0375. The normalized spacial score (nSPS) is 23.1. The molecule has 2 unspecified atom stereocenters. The van der Waals surface area contributed by atoms with Crippen molar-refractivity contribution >= 4 is 17.4 Å². The summed E-state index contributed by atoms with van der Waals surface area (Å²) < 4.78 is 6.13. The fourth-order valence-electron chi connectivity index (χ4n) is 2.82. The molecule has 1 aliphatic rings. The number of benzene rings is 1. The quantitative estimate of drug-likeness (QED) is 0.647. The lowest BCUT2D eigenvalue weighted by molar-refractivity contribution is 0.0902. The Morgan fingerprint density at radius 1 is 1.42 bits per heavy atom. The van der Waals surface area contributed by atoms with Gasteiger partial charge in [0.05, 0.1) is 10.6 Å². The zero-order valence-corrected chi connectivity index (χ0v) is 12.0. The highest BCUT2D eigenvalue weighted by Crippen LogP contribution is 2.33. The number of nitrogens with one attached hydrogen (secondary N) is 1. The Balaban J connectivity index is 2.22. The Kier molecular flexibility index (Phi) is 4.70. The molecule has 4 heteroatoms. The molecule has 2 rings (SSSR count). The highest BCUT2D eigenvalue weighted by Gasteiger charge is 2.26. The van der Waals surface area contributed by atoms with Gasteiger partial charge in [0.25, 0.3) is 0 Å². The summed E-state index contributed by atoms with van der Waals surface area (Å²) in [6.45, 7) is 2.20. The van der Waals surface area contributed by atoms with Crippen LogP contribution in [0.2, 0.25) is 5.02 Å². The summed E-state index contributed by atoms with van der Waals surface area (Å²) in [6, 6.07) is 5.43. The number of hydrogen-bond donors (Lipinski definition) is 2. The Bertz CT molecular complexity index is 461. The van der Waals surface area contributed by atoms with E-state index in [0.29, 0.717) is 22.3 Å². The van der Waals surface area contributed by atoms with E-state index in [1.165, 1.54) is 19.3 Å². The van der Waals surface area contributed by atoms with Gasteiger partial charge in [-0.1, -0.05) is 31.0 Å². The van der Waals surface area contributed by atoms with Gasteiger partial charge >= 0.3 is 0 Å². The van der Waals surface area contributed by atoms with E-state index in [0.717, 1.165) is 12.8 Å². The van der Waals surface area contributed by atoms with Gasteiger partial charge in [-0.2, -0.15) is 0 Å². The number of amidine groups is 1. The van der Waals surface area contributed by atoms with Gasteiger partial charge in [-0.15, -0.1) is 0 Å². The SMILES string of the molecule is CCC1CCCCC1Oc1cccc(Cl)c1C(=N)N. The second-order valence-corrected chi connectivity index (χ2v) is 5.54. The molecule has 1 fully saturated rings. The van der Waals surface area contributed by atoms with Crippen LogP contribution >= 0.6 is 11.6 Å². The van der Waals surface area contributed by atoms with Gasteiger partial charge in [0.15, 0.2) is 0 Å². The molecule has 0 bridgehead atoms. The van der Waals surface area contributed by atoms with Gasteiger partial charge in [0.2, 0.25) is 0 Å². The van der Waals surface area contributed by atoms with Crippen LogP contribution in [0.5, 0.6) is 5.75 Å². The first kappa shape index (κ1) is 14.2. The van der Waals surface area contributed by atoms with Gasteiger partial charge in [0, 0.05) is 0 Å². The molecule has 0 heterocycles. The van der Waals surface area contributed by atoms with Crippen LogP contribution in [0.3, 0.4) is 0 Å². The maximum absolute atomic E-state index is 7.64. The highest BCUT2D eigenvalue weighted by atomic mass is 35.5. The summed E-state index contributed by atoms with van der Waals surface area (Å²) in [5.74, 6) is 1.20. The maximum atomic E-state index is 7.64. The van der Waals surface area contributed by atoms with Gasteiger partial charge in [0.1, 0.15) is 17.7 Å². The number of nitrogens with two attached hydrogens (primary N) is 1. The van der Waals surface area contributed by atoms with Crippen molar-refractivity contribution < 1.29 is 4.74 Å². The molecule has 0 amide bonds. The predicted octanol–water partition coefficient (Wildman–Crippen LogP) is 3.97. The average molecular weight is 281 g/mol. The molecule has 2 atom stereocenters. The van der Waals surface area contributed by atoms with Crippen molar-refractivity contribution in [3.63, 3.8) is 0 Å². The minimum Gasteiger partial charge on any atom is -0.489 e. The Hall–Kier alpha value is -1.22. The molecule has 0 spiro atoms. The fraction of sp³-hybridized carbons (Fsp3) is 0.533. The van der Waals surface area contributed by atoms with E-state index in [2.05, 4.69) is 6.92 Å². The molecule has 0 aromatic heterocycles. The van der Waals surface area contributed by atoms with Crippen LogP contribution in [0.15, 0.2) is 18.2 Å². The monoisotopic (exact) mass is 280 g/mol. The second-order valence-electron chi connectivity index (χ2n) is 5.14. The number of halogens is 1. The van der Waals surface area contributed by atoms with Gasteiger partial charge in [-0.05, 0) is 43.7 Å². The van der Waals surface area contributed by atoms with Gasteiger partial charge < -0.3 is 10.5 Å². The standard InChI is InChI=1S/C15H21ClN2O/c1-2-10-6-3-4-8-12(10)19-13-9-5-7-11(16)14(13)15(17)18/h5,7,9-10,12H,2-4,6,8H2,1H3,(H3,17,18). The molecule has 104 valence electrons. The second kappa shape index (κ2) is 6.29. The van der Waals surface area contributed by atoms with Crippen molar-refractivity contribution in [2.45, 2.75) is 45.1 Å². The van der Waals surface area contributed by atoms with E-state index in [1.54, 1.807) is 6.07 Å². The molecular formula is C15H21ClN2O. The average Bonchev–Trinajstić information content (AvgIpc) is 2.39. The summed E-state index contributed by atoms with van der Waals surface area (Å²) in [5, 5.41) is 8.12. The van der Waals surface area contributed by atoms with Crippen molar-refractivity contribution in [1.82, 2.24) is 0 Å². The van der Waals surface area contributed by atoms with E-state index < -0.39 is 0 Å². The third kappa shape index (κ3) is 3.21. The molecule has 0 saturated heterocycles. The van der Waals surface area contributed by atoms with Crippen molar-refractivity contribution in [2.24, 2.45) is 11.7 Å². The van der Waals surface area contributed by atoms with Gasteiger partial charge in [-0.3, -0.25) is 5.41 Å². The van der Waals surface area contributed by atoms with Crippen molar-refractivity contribution in [2.75, 3.05) is 0 Å². The molecule has 0 aliphatic heterocycles. The minimum absolute atomic E-state index is 0.0375. The fourth-order valence-corrected chi connectivity index (χ4v) is 3.09. The molecule has 19 heavy (non-hydrogen) atoms. The number of ether oxygens (including phenoxy) is 1. The Morgan fingerprint density at radius 3 is 2.84 bits per heavy atom. The first-order valence-corrected chi connectivity index (χ1v) is 7.30. The first-order chi connectivity index (χ1) is 9.13. The third-order valence-electron chi connectivity index (χ3n) is 3.89. The van der Waals surface area contributed by atoms with E-state index in [-0.39, 0.29) is 11.9 Å². The number of nitrogen functional groups attached to an aromatic ring is 1. The molecular weight excluding hydrogens is 260 g/mol. The molecule has 1 aromatic rings. The Morgan fingerprint density at radius 2 is 2.16 bits per heavy atom. The van der Waals surface area contributed by atoms with Crippen LogP contribution in [-0.2, 0) is 0 Å². The molecule has 1 saturated carbocycles. The van der Waals surface area contributed by atoms with Crippen LogP contribution in [-0.4, -0.2) is 11.9 Å². The maximum Gasteiger partial charge on any atom is 0.132 e.